The second-order valence-corrected chi connectivity index (χ2v) is 5.64. The summed E-state index contributed by atoms with van der Waals surface area (Å²) >= 11 is 1.38. The summed E-state index contributed by atoms with van der Waals surface area (Å²) in [5.74, 6) is -1.92. The van der Waals surface area contributed by atoms with Gasteiger partial charge in [0.1, 0.15) is 11.6 Å². The largest absolute Gasteiger partial charge is 0.324 e. The van der Waals surface area contributed by atoms with E-state index in [1.165, 1.54) is 17.8 Å². The maximum atomic E-state index is 13.5. The van der Waals surface area contributed by atoms with Gasteiger partial charge in [-0.05, 0) is 30.3 Å². The normalized spacial score (nSPS) is 13.3. The van der Waals surface area contributed by atoms with Gasteiger partial charge < -0.3 is 10.6 Å². The first kappa shape index (κ1) is 14.5. The molecular formula is C15H10F2N2O2S. The SMILES string of the molecule is O=C1CSc2ccc(C(=O)Nc3ccc(F)cc3F)cc2N1. The Labute approximate surface area is 128 Å². The number of benzene rings is 2. The van der Waals surface area contributed by atoms with E-state index < -0.39 is 17.5 Å². The minimum Gasteiger partial charge on any atom is -0.324 e. The van der Waals surface area contributed by atoms with Crippen molar-refractivity contribution in [1.82, 2.24) is 0 Å². The lowest BCUT2D eigenvalue weighted by molar-refractivity contribution is -0.113. The number of amides is 2. The fourth-order valence-corrected chi connectivity index (χ4v) is 2.80. The van der Waals surface area contributed by atoms with Crippen molar-refractivity contribution < 1.29 is 18.4 Å². The predicted molar refractivity (Wildman–Crippen MR) is 80.1 cm³/mol. The van der Waals surface area contributed by atoms with E-state index in [2.05, 4.69) is 10.6 Å². The highest BCUT2D eigenvalue weighted by molar-refractivity contribution is 8.00. The van der Waals surface area contributed by atoms with Gasteiger partial charge in [-0.25, -0.2) is 8.78 Å². The number of anilines is 2. The molecule has 2 aromatic rings. The third-order valence-electron chi connectivity index (χ3n) is 3.05. The van der Waals surface area contributed by atoms with Crippen LogP contribution >= 0.6 is 11.8 Å². The molecule has 3 rings (SSSR count). The third-order valence-corrected chi connectivity index (χ3v) is 4.13. The van der Waals surface area contributed by atoms with Crippen LogP contribution in [0.25, 0.3) is 0 Å². The highest BCUT2D eigenvalue weighted by Gasteiger charge is 2.18. The lowest BCUT2D eigenvalue weighted by Gasteiger charge is -2.17. The van der Waals surface area contributed by atoms with Gasteiger partial charge in [0.2, 0.25) is 5.91 Å². The Morgan fingerprint density at radius 2 is 2.00 bits per heavy atom. The van der Waals surface area contributed by atoms with Crippen LogP contribution < -0.4 is 10.6 Å². The molecule has 1 heterocycles. The minimum absolute atomic E-state index is 0.109. The Balaban J connectivity index is 1.83. The summed E-state index contributed by atoms with van der Waals surface area (Å²) in [4.78, 5) is 24.3. The van der Waals surface area contributed by atoms with Gasteiger partial charge in [0, 0.05) is 16.5 Å². The number of fused-ring (bicyclic) bond motifs is 1. The molecule has 22 heavy (non-hydrogen) atoms. The molecule has 0 atom stereocenters. The zero-order chi connectivity index (χ0) is 15.7. The number of thioether (sulfide) groups is 1. The summed E-state index contributed by atoms with van der Waals surface area (Å²) in [7, 11) is 0. The van der Waals surface area contributed by atoms with E-state index in [-0.39, 0.29) is 17.2 Å². The number of carbonyl (C=O) groups excluding carboxylic acids is 2. The molecule has 2 N–H and O–H groups in total. The molecule has 2 amide bonds. The van der Waals surface area contributed by atoms with E-state index in [1.54, 1.807) is 12.1 Å². The molecule has 2 aromatic carbocycles. The average Bonchev–Trinajstić information content (AvgIpc) is 2.49. The molecule has 0 fully saturated rings. The molecule has 0 aromatic heterocycles. The van der Waals surface area contributed by atoms with Crippen molar-refractivity contribution in [2.45, 2.75) is 4.90 Å². The topological polar surface area (TPSA) is 58.2 Å². The molecule has 0 saturated carbocycles. The molecule has 0 radical (unpaired) electrons. The predicted octanol–water partition coefficient (Wildman–Crippen LogP) is 3.26. The van der Waals surface area contributed by atoms with Crippen LogP contribution in [0.5, 0.6) is 0 Å². The van der Waals surface area contributed by atoms with Gasteiger partial charge in [0.15, 0.2) is 0 Å². The average molecular weight is 320 g/mol. The maximum absolute atomic E-state index is 13.5. The summed E-state index contributed by atoms with van der Waals surface area (Å²) in [5.41, 5.74) is 0.710. The van der Waals surface area contributed by atoms with Gasteiger partial charge in [-0.3, -0.25) is 9.59 Å². The van der Waals surface area contributed by atoms with Crippen LogP contribution in [0, 0.1) is 11.6 Å². The second kappa shape index (κ2) is 5.76. The molecule has 0 spiro atoms. The fraction of sp³-hybridized carbons (Fsp3) is 0.0667. The number of hydrogen-bond donors (Lipinski definition) is 2. The van der Waals surface area contributed by atoms with E-state index in [0.717, 1.165) is 17.0 Å². The van der Waals surface area contributed by atoms with E-state index in [9.17, 15) is 18.4 Å². The van der Waals surface area contributed by atoms with Crippen molar-refractivity contribution in [1.29, 1.82) is 0 Å². The van der Waals surface area contributed by atoms with E-state index in [1.807, 2.05) is 0 Å². The summed E-state index contributed by atoms with van der Waals surface area (Å²) in [6, 6.07) is 7.73. The van der Waals surface area contributed by atoms with E-state index in [0.29, 0.717) is 17.5 Å². The Morgan fingerprint density at radius 3 is 2.77 bits per heavy atom. The van der Waals surface area contributed by atoms with Crippen LogP contribution in [-0.2, 0) is 4.79 Å². The molecule has 0 bridgehead atoms. The maximum Gasteiger partial charge on any atom is 0.255 e. The fourth-order valence-electron chi connectivity index (χ4n) is 2.01. The first-order valence-electron chi connectivity index (χ1n) is 6.36. The Morgan fingerprint density at radius 1 is 1.18 bits per heavy atom. The van der Waals surface area contributed by atoms with Gasteiger partial charge in [0.05, 0.1) is 17.1 Å². The smallest absolute Gasteiger partial charge is 0.255 e. The number of rotatable bonds is 2. The van der Waals surface area contributed by atoms with Gasteiger partial charge >= 0.3 is 0 Å². The van der Waals surface area contributed by atoms with E-state index in [4.69, 9.17) is 0 Å². The number of halogens is 2. The number of hydrogen-bond acceptors (Lipinski definition) is 3. The summed E-state index contributed by atoms with van der Waals surface area (Å²) in [6.45, 7) is 0. The Hall–Kier alpha value is -2.41. The lowest BCUT2D eigenvalue weighted by atomic mass is 10.1. The van der Waals surface area contributed by atoms with Crippen molar-refractivity contribution in [2.75, 3.05) is 16.4 Å². The molecule has 0 unspecified atom stereocenters. The van der Waals surface area contributed by atoms with Gasteiger partial charge in [-0.2, -0.15) is 0 Å². The van der Waals surface area contributed by atoms with Gasteiger partial charge in [0.25, 0.3) is 5.91 Å². The minimum atomic E-state index is -0.852. The number of carbonyl (C=O) groups is 2. The zero-order valence-electron chi connectivity index (χ0n) is 11.2. The Kier molecular flexibility index (Phi) is 3.81. The van der Waals surface area contributed by atoms with Gasteiger partial charge in [-0.1, -0.05) is 0 Å². The van der Waals surface area contributed by atoms with Crippen molar-refractivity contribution >= 4 is 35.0 Å². The van der Waals surface area contributed by atoms with Crippen LogP contribution in [0.1, 0.15) is 10.4 Å². The molecule has 4 nitrogen and oxygen atoms in total. The highest BCUT2D eigenvalue weighted by Crippen LogP contribution is 2.32. The molecule has 1 aliphatic rings. The molecule has 1 aliphatic heterocycles. The number of nitrogens with one attached hydrogen (secondary N) is 2. The van der Waals surface area contributed by atoms with Crippen molar-refractivity contribution in [3.63, 3.8) is 0 Å². The second-order valence-electron chi connectivity index (χ2n) is 4.63. The zero-order valence-corrected chi connectivity index (χ0v) is 12.0. The van der Waals surface area contributed by atoms with Crippen LogP contribution in [-0.4, -0.2) is 17.6 Å². The highest BCUT2D eigenvalue weighted by atomic mass is 32.2. The Bertz CT molecular complexity index is 780. The van der Waals surface area contributed by atoms with E-state index >= 15 is 0 Å². The molecule has 7 heteroatoms. The summed E-state index contributed by atoms with van der Waals surface area (Å²) in [6.07, 6.45) is 0. The first-order valence-corrected chi connectivity index (χ1v) is 7.34. The molecular weight excluding hydrogens is 310 g/mol. The van der Waals surface area contributed by atoms with Crippen LogP contribution in [0.15, 0.2) is 41.3 Å². The molecule has 0 aliphatic carbocycles. The van der Waals surface area contributed by atoms with Crippen molar-refractivity contribution in [2.24, 2.45) is 0 Å². The first-order chi connectivity index (χ1) is 10.5. The van der Waals surface area contributed by atoms with Crippen LogP contribution in [0.2, 0.25) is 0 Å². The summed E-state index contributed by atoms with van der Waals surface area (Å²) < 4.78 is 26.4. The molecule has 112 valence electrons. The quantitative estimate of drug-likeness (QED) is 0.893. The van der Waals surface area contributed by atoms with Crippen molar-refractivity contribution in [3.8, 4) is 0 Å². The molecule has 0 saturated heterocycles. The third kappa shape index (κ3) is 2.94. The van der Waals surface area contributed by atoms with Crippen LogP contribution in [0.4, 0.5) is 20.2 Å². The standard InChI is InChI=1S/C15H10F2N2O2S/c16-9-2-3-11(10(17)6-9)19-15(21)8-1-4-13-12(5-8)18-14(20)7-22-13/h1-6H,7H2,(H,18,20)(H,19,21). The lowest BCUT2D eigenvalue weighted by Crippen LogP contribution is -2.20. The monoisotopic (exact) mass is 320 g/mol. The van der Waals surface area contributed by atoms with Gasteiger partial charge in [-0.15, -0.1) is 11.8 Å². The van der Waals surface area contributed by atoms with Crippen LogP contribution in [0.3, 0.4) is 0 Å². The van der Waals surface area contributed by atoms with Crippen molar-refractivity contribution in [3.05, 3.63) is 53.6 Å². The summed E-state index contributed by atoms with van der Waals surface area (Å²) in [5, 5.41) is 5.05.